The molecule has 0 fully saturated rings. The summed E-state index contributed by atoms with van der Waals surface area (Å²) in [6, 6.07) is 8.06. The number of hydrogen-bond donors (Lipinski definition) is 4. The lowest BCUT2D eigenvalue weighted by Crippen LogP contribution is -2.29. The number of aromatic hydroxyl groups is 1. The fourth-order valence-corrected chi connectivity index (χ4v) is 4.45. The Bertz CT molecular complexity index is 1120. The average Bonchev–Trinajstić information content (AvgIpc) is 3.34. The van der Waals surface area contributed by atoms with Crippen LogP contribution in [0.1, 0.15) is 31.8 Å². The quantitative estimate of drug-likeness (QED) is 0.194. The Kier molecular flexibility index (Phi) is 6.56. The van der Waals surface area contributed by atoms with E-state index in [0.717, 1.165) is 11.3 Å². The van der Waals surface area contributed by atoms with Gasteiger partial charge in [0.15, 0.2) is 0 Å². The molecule has 0 aliphatic carbocycles. The molecular formula is C18H14Cl2N4O3S2. The SMILES string of the molecule is CC(=NNC(=O)c1ccc(C(=O)NN)s1)c1csc(-c2ccc(Cl)c(Cl)c2)c1O. The molecule has 0 atom stereocenters. The van der Waals surface area contributed by atoms with Crippen LogP contribution in [0.5, 0.6) is 5.75 Å². The predicted octanol–water partition coefficient (Wildman–Crippen LogP) is 4.25. The van der Waals surface area contributed by atoms with Gasteiger partial charge in [-0.05, 0) is 36.8 Å². The lowest BCUT2D eigenvalue weighted by atomic mass is 10.1. The first-order valence-electron chi connectivity index (χ1n) is 8.03. The molecule has 5 N–H and O–H groups in total. The van der Waals surface area contributed by atoms with Crippen LogP contribution < -0.4 is 16.7 Å². The van der Waals surface area contributed by atoms with E-state index in [-0.39, 0.29) is 5.75 Å². The number of hydrazone groups is 1. The van der Waals surface area contributed by atoms with E-state index in [1.165, 1.54) is 23.5 Å². The molecular weight excluding hydrogens is 455 g/mol. The molecule has 29 heavy (non-hydrogen) atoms. The van der Waals surface area contributed by atoms with E-state index in [2.05, 4.69) is 10.5 Å². The van der Waals surface area contributed by atoms with Crippen molar-refractivity contribution in [1.29, 1.82) is 0 Å². The molecule has 0 bridgehead atoms. The first-order valence-corrected chi connectivity index (χ1v) is 10.5. The van der Waals surface area contributed by atoms with Crippen molar-refractivity contribution in [3.8, 4) is 16.2 Å². The summed E-state index contributed by atoms with van der Waals surface area (Å²) in [5.41, 5.74) is 6.02. The fraction of sp³-hybridized carbons (Fsp3) is 0.0556. The standard InChI is InChI=1S/C18H14Cl2N4O3S2/c1-8(23-24-18(27)14-5-4-13(29-14)17(26)22-21)10-7-28-16(15(10)25)9-2-3-11(19)12(20)6-9/h2-7,25H,21H2,1H3,(H,22,26)(H,24,27). The van der Waals surface area contributed by atoms with Gasteiger partial charge in [0.05, 0.1) is 36.0 Å². The Hall–Kier alpha value is -2.43. The maximum absolute atomic E-state index is 12.2. The van der Waals surface area contributed by atoms with Crippen molar-refractivity contribution in [3.63, 3.8) is 0 Å². The predicted molar refractivity (Wildman–Crippen MR) is 117 cm³/mol. The topological polar surface area (TPSA) is 117 Å². The number of halogens is 2. The molecule has 0 spiro atoms. The highest BCUT2D eigenvalue weighted by Crippen LogP contribution is 2.40. The number of carbonyl (C=O) groups excluding carboxylic acids is 2. The summed E-state index contributed by atoms with van der Waals surface area (Å²) < 4.78 is 0. The Morgan fingerprint density at radius 3 is 2.45 bits per heavy atom. The van der Waals surface area contributed by atoms with Crippen molar-refractivity contribution in [2.24, 2.45) is 10.9 Å². The van der Waals surface area contributed by atoms with Crippen LogP contribution in [-0.4, -0.2) is 22.6 Å². The van der Waals surface area contributed by atoms with Crippen LogP contribution in [0.15, 0.2) is 40.8 Å². The number of hydrogen-bond acceptors (Lipinski definition) is 7. The van der Waals surface area contributed by atoms with Gasteiger partial charge in [-0.1, -0.05) is 29.3 Å². The van der Waals surface area contributed by atoms with Crippen molar-refractivity contribution < 1.29 is 14.7 Å². The number of carbonyl (C=O) groups is 2. The van der Waals surface area contributed by atoms with E-state index in [1.807, 2.05) is 5.43 Å². The zero-order chi connectivity index (χ0) is 21.1. The van der Waals surface area contributed by atoms with Crippen LogP contribution in [0.25, 0.3) is 10.4 Å². The molecule has 0 radical (unpaired) electrons. The number of nitrogens with zero attached hydrogens (tertiary/aromatic N) is 1. The van der Waals surface area contributed by atoms with Gasteiger partial charge in [0.2, 0.25) is 0 Å². The summed E-state index contributed by atoms with van der Waals surface area (Å²) in [5.74, 6) is 4.14. The first-order chi connectivity index (χ1) is 13.8. The molecule has 0 aliphatic heterocycles. The number of nitrogen functional groups attached to an aromatic ring is 1. The van der Waals surface area contributed by atoms with Gasteiger partial charge in [-0.15, -0.1) is 22.7 Å². The number of nitrogens with one attached hydrogen (secondary N) is 2. The summed E-state index contributed by atoms with van der Waals surface area (Å²) in [7, 11) is 0. The monoisotopic (exact) mass is 468 g/mol. The summed E-state index contributed by atoms with van der Waals surface area (Å²) in [5, 5.41) is 17.2. The second-order valence-corrected chi connectivity index (χ2v) is 8.51. The number of thiophene rings is 2. The Morgan fingerprint density at radius 1 is 1.10 bits per heavy atom. The van der Waals surface area contributed by atoms with Crippen molar-refractivity contribution in [2.75, 3.05) is 0 Å². The van der Waals surface area contributed by atoms with Crippen LogP contribution in [-0.2, 0) is 0 Å². The zero-order valence-corrected chi connectivity index (χ0v) is 18.0. The summed E-state index contributed by atoms with van der Waals surface area (Å²) >= 11 is 14.3. The minimum atomic E-state index is -0.482. The number of nitrogens with two attached hydrogens (primary N) is 1. The highest BCUT2D eigenvalue weighted by Gasteiger charge is 2.17. The van der Waals surface area contributed by atoms with Crippen LogP contribution in [0.3, 0.4) is 0 Å². The first kappa shape index (κ1) is 21.3. The molecule has 2 amide bonds. The third kappa shape index (κ3) is 4.60. The van der Waals surface area contributed by atoms with Crippen LogP contribution in [0.4, 0.5) is 0 Å². The Labute approximate surface area is 183 Å². The normalized spacial score (nSPS) is 11.4. The second kappa shape index (κ2) is 8.93. The Balaban J connectivity index is 1.77. The van der Waals surface area contributed by atoms with Crippen LogP contribution >= 0.6 is 45.9 Å². The molecule has 3 aromatic rings. The van der Waals surface area contributed by atoms with Crippen molar-refractivity contribution >= 4 is 63.4 Å². The lowest BCUT2D eigenvalue weighted by Gasteiger charge is -2.04. The van der Waals surface area contributed by atoms with Gasteiger partial charge in [-0.25, -0.2) is 11.3 Å². The molecule has 11 heteroatoms. The maximum atomic E-state index is 12.2. The van der Waals surface area contributed by atoms with E-state index >= 15 is 0 Å². The van der Waals surface area contributed by atoms with Gasteiger partial charge in [-0.2, -0.15) is 5.10 Å². The fourth-order valence-electron chi connectivity index (χ4n) is 2.35. The smallest absolute Gasteiger partial charge is 0.281 e. The van der Waals surface area contributed by atoms with Gasteiger partial charge in [-0.3, -0.25) is 15.0 Å². The third-order valence-corrected chi connectivity index (χ3v) is 6.69. The van der Waals surface area contributed by atoms with Gasteiger partial charge < -0.3 is 5.11 Å². The average molecular weight is 469 g/mol. The molecule has 2 aromatic heterocycles. The minimum absolute atomic E-state index is 0.0296. The highest BCUT2D eigenvalue weighted by molar-refractivity contribution is 7.16. The van der Waals surface area contributed by atoms with Crippen molar-refractivity contribution in [2.45, 2.75) is 6.92 Å². The summed E-state index contributed by atoms with van der Waals surface area (Å²) in [4.78, 5) is 24.9. The number of hydrazine groups is 1. The van der Waals surface area contributed by atoms with Crippen molar-refractivity contribution in [1.82, 2.24) is 10.9 Å². The largest absolute Gasteiger partial charge is 0.506 e. The van der Waals surface area contributed by atoms with E-state index in [4.69, 9.17) is 29.0 Å². The number of amides is 2. The molecule has 0 saturated carbocycles. The molecule has 7 nitrogen and oxygen atoms in total. The van der Waals surface area contributed by atoms with E-state index in [1.54, 1.807) is 30.5 Å². The van der Waals surface area contributed by atoms with Gasteiger partial charge in [0.1, 0.15) is 5.75 Å². The summed E-state index contributed by atoms with van der Waals surface area (Å²) in [6.45, 7) is 1.66. The van der Waals surface area contributed by atoms with E-state index < -0.39 is 11.8 Å². The second-order valence-electron chi connectivity index (χ2n) is 5.73. The minimum Gasteiger partial charge on any atom is -0.506 e. The lowest BCUT2D eigenvalue weighted by molar-refractivity contribution is 0.0951. The molecule has 1 aromatic carbocycles. The number of rotatable bonds is 5. The van der Waals surface area contributed by atoms with Crippen molar-refractivity contribution in [3.05, 3.63) is 61.1 Å². The van der Waals surface area contributed by atoms with Crippen LogP contribution in [0, 0.1) is 0 Å². The van der Waals surface area contributed by atoms with Crippen LogP contribution in [0.2, 0.25) is 10.0 Å². The third-order valence-electron chi connectivity index (χ3n) is 3.85. The molecule has 0 saturated heterocycles. The number of benzene rings is 1. The Morgan fingerprint density at radius 2 is 1.79 bits per heavy atom. The summed E-state index contributed by atoms with van der Waals surface area (Å²) in [6.07, 6.45) is 0. The molecule has 0 unspecified atom stereocenters. The highest BCUT2D eigenvalue weighted by atomic mass is 35.5. The zero-order valence-electron chi connectivity index (χ0n) is 14.8. The molecule has 2 heterocycles. The van der Waals surface area contributed by atoms with Gasteiger partial charge in [0, 0.05) is 5.38 Å². The van der Waals surface area contributed by atoms with E-state index in [9.17, 15) is 14.7 Å². The van der Waals surface area contributed by atoms with Gasteiger partial charge >= 0.3 is 0 Å². The maximum Gasteiger partial charge on any atom is 0.281 e. The van der Waals surface area contributed by atoms with Gasteiger partial charge in [0.25, 0.3) is 11.8 Å². The molecule has 150 valence electrons. The molecule has 3 rings (SSSR count). The van der Waals surface area contributed by atoms with E-state index in [0.29, 0.717) is 41.5 Å². The molecule has 0 aliphatic rings.